The van der Waals surface area contributed by atoms with Crippen LogP contribution in [-0.4, -0.2) is 46.5 Å². The van der Waals surface area contributed by atoms with Crippen molar-refractivity contribution in [1.82, 2.24) is 5.32 Å². The number of ether oxygens (including phenoxy) is 2. The van der Waals surface area contributed by atoms with Crippen LogP contribution in [0.3, 0.4) is 0 Å². The molecule has 7 heteroatoms. The molecule has 2 rings (SSSR count). The zero-order valence-corrected chi connectivity index (χ0v) is 12.1. The van der Waals surface area contributed by atoms with E-state index in [1.54, 1.807) is 6.07 Å². The maximum Gasteiger partial charge on any atom is 0.202 e. The van der Waals surface area contributed by atoms with E-state index in [-0.39, 0.29) is 30.5 Å². The summed E-state index contributed by atoms with van der Waals surface area (Å²) in [6.45, 7) is 3.40. The lowest BCUT2D eigenvalue weighted by Crippen LogP contribution is -2.44. The molecule has 1 N–H and O–H groups in total. The van der Waals surface area contributed by atoms with E-state index in [1.807, 2.05) is 4.90 Å². The molecule has 1 aromatic rings. The van der Waals surface area contributed by atoms with Crippen molar-refractivity contribution >= 4 is 18.1 Å². The van der Waals surface area contributed by atoms with Gasteiger partial charge in [0.05, 0.1) is 12.3 Å². The summed E-state index contributed by atoms with van der Waals surface area (Å²) in [6, 6.07) is 3.03. The van der Waals surface area contributed by atoms with E-state index in [1.165, 1.54) is 13.2 Å². The molecule has 0 saturated carbocycles. The van der Waals surface area contributed by atoms with Crippen LogP contribution in [0.2, 0.25) is 0 Å². The highest BCUT2D eigenvalue weighted by Gasteiger charge is 2.20. The van der Waals surface area contributed by atoms with Gasteiger partial charge in [-0.15, -0.1) is 12.4 Å². The molecular formula is C13H19ClF2N2O2. The SMILES string of the molecule is COCCOc1ccc(N2CCNCC2)c(F)c1F.Cl. The standard InChI is InChI=1S/C13H18F2N2O2.ClH/c1-18-8-9-19-11-3-2-10(12(14)13(11)15)17-6-4-16-5-7-17;/h2-3,16H,4-9H2,1H3;1H. The summed E-state index contributed by atoms with van der Waals surface area (Å²) in [6.07, 6.45) is 0. The van der Waals surface area contributed by atoms with Crippen LogP contribution in [0.5, 0.6) is 5.75 Å². The molecule has 20 heavy (non-hydrogen) atoms. The Morgan fingerprint density at radius 3 is 2.50 bits per heavy atom. The largest absolute Gasteiger partial charge is 0.488 e. The molecule has 4 nitrogen and oxygen atoms in total. The molecule has 1 aromatic carbocycles. The van der Waals surface area contributed by atoms with Gasteiger partial charge in [-0.1, -0.05) is 0 Å². The van der Waals surface area contributed by atoms with Crippen molar-refractivity contribution in [1.29, 1.82) is 0 Å². The van der Waals surface area contributed by atoms with Crippen LogP contribution in [0.15, 0.2) is 12.1 Å². The van der Waals surface area contributed by atoms with E-state index in [0.29, 0.717) is 19.7 Å². The lowest BCUT2D eigenvalue weighted by atomic mass is 10.2. The summed E-state index contributed by atoms with van der Waals surface area (Å²) in [7, 11) is 1.52. The van der Waals surface area contributed by atoms with Crippen molar-refractivity contribution in [2.75, 3.05) is 51.4 Å². The quantitative estimate of drug-likeness (QED) is 0.841. The molecule has 1 aliphatic rings. The summed E-state index contributed by atoms with van der Waals surface area (Å²) in [4.78, 5) is 1.83. The van der Waals surface area contributed by atoms with Gasteiger partial charge >= 0.3 is 0 Å². The molecule has 1 saturated heterocycles. The van der Waals surface area contributed by atoms with E-state index < -0.39 is 11.6 Å². The van der Waals surface area contributed by atoms with E-state index >= 15 is 0 Å². The fourth-order valence-corrected chi connectivity index (χ4v) is 2.02. The summed E-state index contributed by atoms with van der Waals surface area (Å²) >= 11 is 0. The first-order chi connectivity index (χ1) is 9.24. The van der Waals surface area contributed by atoms with E-state index in [9.17, 15) is 8.78 Å². The molecule has 0 unspecified atom stereocenters. The molecule has 1 fully saturated rings. The Bertz CT molecular complexity index is 429. The zero-order valence-electron chi connectivity index (χ0n) is 11.3. The zero-order chi connectivity index (χ0) is 13.7. The summed E-state index contributed by atoms with van der Waals surface area (Å²) < 4.78 is 37.8. The summed E-state index contributed by atoms with van der Waals surface area (Å²) in [5.41, 5.74) is 0.290. The van der Waals surface area contributed by atoms with Crippen molar-refractivity contribution in [3.05, 3.63) is 23.8 Å². The Balaban J connectivity index is 0.00000200. The Morgan fingerprint density at radius 2 is 1.85 bits per heavy atom. The number of nitrogens with one attached hydrogen (secondary N) is 1. The monoisotopic (exact) mass is 308 g/mol. The Hall–Kier alpha value is -1.11. The van der Waals surface area contributed by atoms with E-state index in [4.69, 9.17) is 9.47 Å². The minimum absolute atomic E-state index is 0. The van der Waals surface area contributed by atoms with Crippen molar-refractivity contribution in [2.24, 2.45) is 0 Å². The topological polar surface area (TPSA) is 33.7 Å². The van der Waals surface area contributed by atoms with Crippen LogP contribution < -0.4 is 15.0 Å². The van der Waals surface area contributed by atoms with Gasteiger partial charge in [0.15, 0.2) is 11.6 Å². The number of halogens is 3. The molecule has 0 amide bonds. The second-order valence-electron chi connectivity index (χ2n) is 4.29. The van der Waals surface area contributed by atoms with Crippen LogP contribution >= 0.6 is 12.4 Å². The lowest BCUT2D eigenvalue weighted by Gasteiger charge is -2.29. The summed E-state index contributed by atoms with van der Waals surface area (Å²) in [5.74, 6) is -1.86. The van der Waals surface area contributed by atoms with Crippen molar-refractivity contribution in [3.8, 4) is 5.75 Å². The second kappa shape index (κ2) is 8.24. The fourth-order valence-electron chi connectivity index (χ4n) is 2.02. The first kappa shape index (κ1) is 16.9. The van der Waals surface area contributed by atoms with Gasteiger partial charge in [-0.05, 0) is 12.1 Å². The molecule has 0 aromatic heterocycles. The Kier molecular flexibility index (Phi) is 6.98. The number of methoxy groups -OCH3 is 1. The number of hydrogen-bond acceptors (Lipinski definition) is 4. The lowest BCUT2D eigenvalue weighted by molar-refractivity contribution is 0.143. The van der Waals surface area contributed by atoms with Gasteiger partial charge in [-0.3, -0.25) is 0 Å². The maximum absolute atomic E-state index is 14.0. The van der Waals surface area contributed by atoms with Crippen LogP contribution in [0, 0.1) is 11.6 Å². The predicted octanol–water partition coefficient (Wildman–Crippen LogP) is 1.82. The number of nitrogens with zero attached hydrogens (tertiary/aromatic N) is 1. The molecule has 0 radical (unpaired) electrons. The highest BCUT2D eigenvalue weighted by atomic mass is 35.5. The highest BCUT2D eigenvalue weighted by molar-refractivity contribution is 5.85. The third kappa shape index (κ3) is 3.94. The maximum atomic E-state index is 14.0. The smallest absolute Gasteiger partial charge is 0.202 e. The van der Waals surface area contributed by atoms with Crippen LogP contribution in [0.4, 0.5) is 14.5 Å². The minimum atomic E-state index is -0.938. The first-order valence-electron chi connectivity index (χ1n) is 6.29. The molecule has 0 spiro atoms. The summed E-state index contributed by atoms with van der Waals surface area (Å²) in [5, 5.41) is 3.17. The fraction of sp³-hybridized carbons (Fsp3) is 0.538. The third-order valence-electron chi connectivity index (χ3n) is 3.03. The minimum Gasteiger partial charge on any atom is -0.488 e. The predicted molar refractivity (Wildman–Crippen MR) is 76.1 cm³/mol. The molecular weight excluding hydrogens is 290 g/mol. The first-order valence-corrected chi connectivity index (χ1v) is 6.29. The van der Waals surface area contributed by atoms with Gasteiger partial charge in [-0.2, -0.15) is 4.39 Å². The molecule has 0 aliphatic carbocycles. The van der Waals surface area contributed by atoms with Crippen molar-refractivity contribution < 1.29 is 18.3 Å². The van der Waals surface area contributed by atoms with Gasteiger partial charge in [0.2, 0.25) is 5.82 Å². The number of piperazine rings is 1. The van der Waals surface area contributed by atoms with Gasteiger partial charge in [-0.25, -0.2) is 4.39 Å². The number of anilines is 1. The van der Waals surface area contributed by atoms with Crippen LogP contribution in [0.25, 0.3) is 0 Å². The van der Waals surface area contributed by atoms with Crippen LogP contribution in [0.1, 0.15) is 0 Å². The Labute approximate surface area is 123 Å². The average Bonchev–Trinajstić information content (AvgIpc) is 2.45. The van der Waals surface area contributed by atoms with Gasteiger partial charge in [0, 0.05) is 33.3 Å². The van der Waals surface area contributed by atoms with Crippen molar-refractivity contribution in [3.63, 3.8) is 0 Å². The molecule has 114 valence electrons. The Morgan fingerprint density at radius 1 is 1.15 bits per heavy atom. The van der Waals surface area contributed by atoms with Crippen LogP contribution in [-0.2, 0) is 4.74 Å². The van der Waals surface area contributed by atoms with E-state index in [0.717, 1.165) is 13.1 Å². The molecule has 0 bridgehead atoms. The normalized spacial score (nSPS) is 14.8. The molecule has 1 aliphatic heterocycles. The van der Waals surface area contributed by atoms with Crippen molar-refractivity contribution in [2.45, 2.75) is 0 Å². The molecule has 1 heterocycles. The number of benzene rings is 1. The highest BCUT2D eigenvalue weighted by Crippen LogP contribution is 2.28. The second-order valence-corrected chi connectivity index (χ2v) is 4.29. The van der Waals surface area contributed by atoms with Gasteiger partial charge in [0.1, 0.15) is 6.61 Å². The van der Waals surface area contributed by atoms with Gasteiger partial charge < -0.3 is 19.7 Å². The van der Waals surface area contributed by atoms with Gasteiger partial charge in [0.25, 0.3) is 0 Å². The average molecular weight is 309 g/mol. The van der Waals surface area contributed by atoms with E-state index in [2.05, 4.69) is 5.32 Å². The third-order valence-corrected chi connectivity index (χ3v) is 3.03. The number of hydrogen-bond donors (Lipinski definition) is 1. The number of rotatable bonds is 5. The molecule has 0 atom stereocenters.